The smallest absolute Gasteiger partial charge is 0.179 e. The number of fused-ring (bicyclic) bond motifs is 2. The van der Waals surface area contributed by atoms with E-state index >= 15 is 0 Å². The Labute approximate surface area is 225 Å². The molecule has 3 fully saturated rings. The van der Waals surface area contributed by atoms with E-state index in [2.05, 4.69) is 45.2 Å². The number of ether oxygens (including phenoxy) is 3. The van der Waals surface area contributed by atoms with Gasteiger partial charge in [0.2, 0.25) is 0 Å². The first-order valence-electron chi connectivity index (χ1n) is 14.0. The minimum Gasteiger partial charge on any atom is -0.485 e. The zero-order valence-corrected chi connectivity index (χ0v) is 23.1. The Morgan fingerprint density at radius 1 is 1.16 bits per heavy atom. The molecule has 1 N–H and O–H groups in total. The van der Waals surface area contributed by atoms with E-state index in [1.807, 2.05) is 36.1 Å². The monoisotopic (exact) mass is 514 g/mol. The third-order valence-corrected chi connectivity index (χ3v) is 11.5. The van der Waals surface area contributed by atoms with Crippen molar-refractivity contribution in [1.29, 1.82) is 5.26 Å². The summed E-state index contributed by atoms with van der Waals surface area (Å²) in [6.07, 6.45) is 5.58. The number of nitriles is 1. The highest BCUT2D eigenvalue weighted by molar-refractivity contribution is 5.65. The van der Waals surface area contributed by atoms with Crippen LogP contribution in [0.1, 0.15) is 63.6 Å². The number of hydrogen-bond donors (Lipinski definition) is 1. The van der Waals surface area contributed by atoms with E-state index in [0.717, 1.165) is 49.3 Å². The zero-order valence-electron chi connectivity index (χ0n) is 23.1. The lowest BCUT2D eigenvalue weighted by Gasteiger charge is -2.62. The molecule has 0 amide bonds. The van der Waals surface area contributed by atoms with Crippen molar-refractivity contribution in [2.75, 3.05) is 13.7 Å². The molecule has 6 heteroatoms. The predicted molar refractivity (Wildman–Crippen MR) is 143 cm³/mol. The molecule has 38 heavy (non-hydrogen) atoms. The summed E-state index contributed by atoms with van der Waals surface area (Å²) in [5, 5.41) is 22.4. The second-order valence-electron chi connectivity index (χ2n) is 13.6. The van der Waals surface area contributed by atoms with Gasteiger partial charge >= 0.3 is 0 Å². The van der Waals surface area contributed by atoms with Crippen LogP contribution in [0.25, 0.3) is 0 Å². The molecule has 3 aliphatic carbocycles. The molecule has 7 rings (SSSR count). The van der Waals surface area contributed by atoms with Crippen molar-refractivity contribution >= 4 is 0 Å². The van der Waals surface area contributed by atoms with Crippen LogP contribution in [-0.2, 0) is 23.2 Å². The molecule has 2 saturated carbocycles. The van der Waals surface area contributed by atoms with E-state index in [9.17, 15) is 10.4 Å². The third kappa shape index (κ3) is 2.60. The van der Waals surface area contributed by atoms with Gasteiger partial charge in [0, 0.05) is 42.0 Å². The SMILES string of the molecule is CO[C@]12CC3(C[C@@H]1C(C)(O)C(C)(C)C)C1Cc4ccc(OCc5ccccc5)c5c4C3(CCN1C#N)C2O5. The Hall–Kier alpha value is -2.75. The van der Waals surface area contributed by atoms with Crippen LogP contribution in [0.15, 0.2) is 42.5 Å². The van der Waals surface area contributed by atoms with Crippen molar-refractivity contribution in [1.82, 2.24) is 4.90 Å². The van der Waals surface area contributed by atoms with E-state index in [-0.39, 0.29) is 34.3 Å². The van der Waals surface area contributed by atoms with Crippen LogP contribution in [0.3, 0.4) is 0 Å². The summed E-state index contributed by atoms with van der Waals surface area (Å²) in [5.41, 5.74) is 1.22. The first-order valence-corrected chi connectivity index (χ1v) is 14.0. The van der Waals surface area contributed by atoms with Gasteiger partial charge in [-0.1, -0.05) is 57.2 Å². The fourth-order valence-corrected chi connectivity index (χ4v) is 9.41. The van der Waals surface area contributed by atoms with Gasteiger partial charge in [-0.2, -0.15) is 5.26 Å². The van der Waals surface area contributed by atoms with Crippen LogP contribution in [0.4, 0.5) is 0 Å². The molecule has 0 aromatic heterocycles. The molecule has 4 bridgehead atoms. The van der Waals surface area contributed by atoms with Gasteiger partial charge in [0.05, 0.1) is 5.60 Å². The fraction of sp³-hybridized carbons (Fsp3) is 0.594. The summed E-state index contributed by atoms with van der Waals surface area (Å²) in [6.45, 7) is 9.49. The molecule has 2 spiro atoms. The maximum Gasteiger partial charge on any atom is 0.179 e. The number of piperidine rings is 1. The molecule has 2 aromatic rings. The second kappa shape index (κ2) is 7.46. The van der Waals surface area contributed by atoms with E-state index < -0.39 is 11.2 Å². The summed E-state index contributed by atoms with van der Waals surface area (Å²) < 4.78 is 20.1. The molecule has 5 aliphatic rings. The van der Waals surface area contributed by atoms with Crippen molar-refractivity contribution < 1.29 is 19.3 Å². The topological polar surface area (TPSA) is 75.0 Å². The fourth-order valence-electron chi connectivity index (χ4n) is 9.41. The summed E-state index contributed by atoms with van der Waals surface area (Å²) in [4.78, 5) is 2.02. The van der Waals surface area contributed by atoms with E-state index in [0.29, 0.717) is 6.61 Å². The van der Waals surface area contributed by atoms with Crippen LogP contribution in [0.5, 0.6) is 11.5 Å². The molecule has 5 unspecified atom stereocenters. The highest BCUT2D eigenvalue weighted by atomic mass is 16.6. The molecule has 2 heterocycles. The average molecular weight is 515 g/mol. The average Bonchev–Trinajstić information content (AvgIpc) is 3.50. The highest BCUT2D eigenvalue weighted by Crippen LogP contribution is 2.81. The van der Waals surface area contributed by atoms with Gasteiger partial charge in [0.25, 0.3) is 0 Å². The maximum atomic E-state index is 12.1. The third-order valence-electron chi connectivity index (χ3n) is 11.5. The van der Waals surface area contributed by atoms with Gasteiger partial charge in [-0.05, 0) is 55.2 Å². The second-order valence-corrected chi connectivity index (χ2v) is 13.6. The molecule has 0 radical (unpaired) electrons. The molecular formula is C32H38N2O4. The maximum absolute atomic E-state index is 12.1. The Morgan fingerprint density at radius 2 is 1.92 bits per heavy atom. The number of hydrogen-bond acceptors (Lipinski definition) is 6. The van der Waals surface area contributed by atoms with Gasteiger partial charge in [-0.25, -0.2) is 0 Å². The lowest BCUT2D eigenvalue weighted by molar-refractivity contribution is -0.210. The quantitative estimate of drug-likeness (QED) is 0.568. The number of rotatable bonds is 5. The van der Waals surface area contributed by atoms with E-state index in [1.54, 1.807) is 7.11 Å². The van der Waals surface area contributed by atoms with Crippen molar-refractivity contribution in [2.45, 2.75) is 88.7 Å². The molecule has 2 aliphatic heterocycles. The highest BCUT2D eigenvalue weighted by Gasteiger charge is 2.86. The first kappa shape index (κ1) is 24.3. The van der Waals surface area contributed by atoms with Crippen LogP contribution in [0, 0.1) is 28.2 Å². The number of methoxy groups -OCH3 is 1. The normalized spacial score (nSPS) is 37.3. The van der Waals surface area contributed by atoms with Crippen LogP contribution < -0.4 is 9.47 Å². The Kier molecular flexibility index (Phi) is 4.77. The van der Waals surface area contributed by atoms with E-state index in [1.165, 1.54) is 11.1 Å². The largest absolute Gasteiger partial charge is 0.485 e. The zero-order chi connectivity index (χ0) is 26.7. The number of benzene rings is 2. The summed E-state index contributed by atoms with van der Waals surface area (Å²) in [6, 6.07) is 14.5. The summed E-state index contributed by atoms with van der Waals surface area (Å²) >= 11 is 0. The molecule has 7 atom stereocenters. The van der Waals surface area contributed by atoms with Crippen molar-refractivity contribution in [3.63, 3.8) is 0 Å². The summed E-state index contributed by atoms with van der Waals surface area (Å²) in [5.74, 6) is 1.51. The molecular weight excluding hydrogens is 476 g/mol. The van der Waals surface area contributed by atoms with Gasteiger partial charge in [0.1, 0.15) is 18.3 Å². The van der Waals surface area contributed by atoms with Crippen LogP contribution in [-0.4, -0.2) is 47.0 Å². The van der Waals surface area contributed by atoms with Gasteiger partial charge < -0.3 is 24.2 Å². The lowest BCUT2D eigenvalue weighted by Crippen LogP contribution is -2.71. The minimum absolute atomic E-state index is 0.0691. The Balaban J connectivity index is 1.40. The van der Waals surface area contributed by atoms with Crippen molar-refractivity contribution in [3.05, 3.63) is 59.2 Å². The molecule has 1 saturated heterocycles. The number of likely N-dealkylation sites (tertiary alicyclic amines) is 1. The molecule has 200 valence electrons. The van der Waals surface area contributed by atoms with E-state index in [4.69, 9.17) is 14.2 Å². The van der Waals surface area contributed by atoms with Gasteiger partial charge in [-0.3, -0.25) is 0 Å². The number of nitrogens with zero attached hydrogens (tertiary/aromatic N) is 2. The van der Waals surface area contributed by atoms with Crippen LogP contribution in [0.2, 0.25) is 0 Å². The Morgan fingerprint density at radius 3 is 2.61 bits per heavy atom. The minimum atomic E-state index is -0.981. The first-order chi connectivity index (χ1) is 18.1. The molecule has 2 aromatic carbocycles. The number of aliphatic hydroxyl groups is 1. The van der Waals surface area contributed by atoms with Crippen LogP contribution >= 0.6 is 0 Å². The van der Waals surface area contributed by atoms with Crippen molar-refractivity contribution in [3.8, 4) is 17.7 Å². The standard InChI is InChI=1S/C32H38N2O4/c1-28(2,3)29(4,35)23-16-30-18-32(23,36-5)27-31(30)13-14-34(19-33)24(30)15-21-11-12-22(26(38-27)25(21)31)37-17-20-9-7-6-8-10-20/h6-12,23-24,27,35H,13-18H2,1-5H3/t23-,24?,27?,29?,30?,31?,32-/m1/s1. The van der Waals surface area contributed by atoms with Gasteiger partial charge in [-0.15, -0.1) is 0 Å². The molecule has 6 nitrogen and oxygen atoms in total. The predicted octanol–water partition coefficient (Wildman–Crippen LogP) is 4.97. The lowest BCUT2D eigenvalue weighted by atomic mass is 9.46. The summed E-state index contributed by atoms with van der Waals surface area (Å²) in [7, 11) is 1.80. The van der Waals surface area contributed by atoms with Gasteiger partial charge in [0.15, 0.2) is 17.7 Å². The Bertz CT molecular complexity index is 1340. The van der Waals surface area contributed by atoms with Crippen molar-refractivity contribution in [2.24, 2.45) is 16.7 Å².